The van der Waals surface area contributed by atoms with Crippen molar-refractivity contribution in [2.24, 2.45) is 12.8 Å². The second-order valence-electron chi connectivity index (χ2n) is 4.28. The molecule has 0 fully saturated rings. The minimum atomic E-state index is -0.265. The zero-order chi connectivity index (χ0) is 13.1. The number of hydrogen-bond donors (Lipinski definition) is 1. The summed E-state index contributed by atoms with van der Waals surface area (Å²) in [6.07, 6.45) is 3.38. The highest BCUT2D eigenvalue weighted by atomic mass is 35.5. The second-order valence-corrected chi connectivity index (χ2v) is 4.68. The summed E-state index contributed by atoms with van der Waals surface area (Å²) in [5.74, 6) is 0.630. The van der Waals surface area contributed by atoms with Gasteiger partial charge in [-0.05, 0) is 19.1 Å². The molecule has 1 heterocycles. The lowest BCUT2D eigenvalue weighted by Crippen LogP contribution is -2.28. The van der Waals surface area contributed by atoms with Crippen molar-refractivity contribution in [2.75, 3.05) is 0 Å². The maximum Gasteiger partial charge on any atom is 0.142 e. The highest BCUT2D eigenvalue weighted by molar-refractivity contribution is 6.32. The maximum absolute atomic E-state index is 6.08. The Morgan fingerprint density at radius 1 is 1.39 bits per heavy atom. The molecule has 0 saturated heterocycles. The number of halogens is 1. The molecular formula is C13H16ClN3O. The van der Waals surface area contributed by atoms with E-state index in [1.54, 1.807) is 16.9 Å². The van der Waals surface area contributed by atoms with E-state index in [-0.39, 0.29) is 12.1 Å². The average molecular weight is 266 g/mol. The number of nitrogens with zero attached hydrogens (tertiary/aromatic N) is 2. The first-order valence-electron chi connectivity index (χ1n) is 5.73. The molecule has 5 heteroatoms. The molecule has 0 aliphatic carbocycles. The number of hydrogen-bond acceptors (Lipinski definition) is 3. The van der Waals surface area contributed by atoms with Crippen molar-refractivity contribution in [1.29, 1.82) is 0 Å². The van der Waals surface area contributed by atoms with E-state index in [4.69, 9.17) is 22.1 Å². The second kappa shape index (κ2) is 5.42. The van der Waals surface area contributed by atoms with E-state index in [1.165, 1.54) is 0 Å². The molecule has 1 aromatic carbocycles. The Hall–Kier alpha value is -1.52. The van der Waals surface area contributed by atoms with Gasteiger partial charge in [-0.25, -0.2) is 0 Å². The average Bonchev–Trinajstić information content (AvgIpc) is 2.74. The van der Waals surface area contributed by atoms with Crippen molar-refractivity contribution in [2.45, 2.75) is 19.1 Å². The summed E-state index contributed by atoms with van der Waals surface area (Å²) in [4.78, 5) is 0. The van der Waals surface area contributed by atoms with Gasteiger partial charge in [0.1, 0.15) is 11.9 Å². The molecule has 96 valence electrons. The number of nitrogens with two attached hydrogens (primary N) is 1. The van der Waals surface area contributed by atoms with E-state index in [2.05, 4.69) is 5.10 Å². The van der Waals surface area contributed by atoms with Crippen LogP contribution in [0.2, 0.25) is 5.02 Å². The zero-order valence-corrected chi connectivity index (χ0v) is 11.1. The lowest BCUT2D eigenvalue weighted by Gasteiger charge is -2.21. The van der Waals surface area contributed by atoms with E-state index in [0.717, 1.165) is 5.56 Å². The van der Waals surface area contributed by atoms with Gasteiger partial charge in [0.15, 0.2) is 0 Å². The van der Waals surface area contributed by atoms with E-state index in [9.17, 15) is 0 Å². The first-order valence-corrected chi connectivity index (χ1v) is 6.11. The third-order valence-corrected chi connectivity index (χ3v) is 2.93. The van der Waals surface area contributed by atoms with Gasteiger partial charge in [-0.3, -0.25) is 4.68 Å². The molecule has 0 bridgehead atoms. The summed E-state index contributed by atoms with van der Waals surface area (Å²) < 4.78 is 7.62. The van der Waals surface area contributed by atoms with Crippen LogP contribution in [0.15, 0.2) is 36.7 Å². The fraction of sp³-hybridized carbons (Fsp3) is 0.308. The van der Waals surface area contributed by atoms with Gasteiger partial charge in [-0.1, -0.05) is 23.7 Å². The summed E-state index contributed by atoms with van der Waals surface area (Å²) in [7, 11) is 1.86. The first-order chi connectivity index (χ1) is 8.58. The predicted molar refractivity (Wildman–Crippen MR) is 71.7 cm³/mol. The van der Waals surface area contributed by atoms with E-state index >= 15 is 0 Å². The predicted octanol–water partition coefficient (Wildman–Crippen LogP) is 2.54. The Morgan fingerprint density at radius 3 is 2.67 bits per heavy atom. The fourth-order valence-corrected chi connectivity index (χ4v) is 1.92. The lowest BCUT2D eigenvalue weighted by molar-refractivity contribution is 0.180. The van der Waals surface area contributed by atoms with Crippen LogP contribution in [-0.2, 0) is 7.05 Å². The third kappa shape index (κ3) is 2.83. The van der Waals surface area contributed by atoms with Gasteiger partial charge in [0.25, 0.3) is 0 Å². The Labute approximate surface area is 111 Å². The van der Waals surface area contributed by atoms with Crippen molar-refractivity contribution in [3.63, 3.8) is 0 Å². The summed E-state index contributed by atoms with van der Waals surface area (Å²) in [6.45, 7) is 1.90. The number of para-hydroxylation sites is 1. The van der Waals surface area contributed by atoms with Gasteiger partial charge in [0, 0.05) is 24.8 Å². The zero-order valence-electron chi connectivity index (χ0n) is 10.4. The third-order valence-electron chi connectivity index (χ3n) is 2.62. The molecule has 0 radical (unpaired) electrons. The van der Waals surface area contributed by atoms with Gasteiger partial charge in [0.2, 0.25) is 0 Å². The lowest BCUT2D eigenvalue weighted by atomic mass is 10.1. The van der Waals surface area contributed by atoms with Crippen molar-refractivity contribution >= 4 is 11.6 Å². The normalized spacial score (nSPS) is 14.2. The van der Waals surface area contributed by atoms with Crippen molar-refractivity contribution in [3.8, 4) is 5.75 Å². The van der Waals surface area contributed by atoms with Crippen molar-refractivity contribution in [1.82, 2.24) is 9.78 Å². The largest absolute Gasteiger partial charge is 0.482 e. The quantitative estimate of drug-likeness (QED) is 0.924. The SMILES string of the molecule is CC(N)C(Oc1ccccc1Cl)c1cnn(C)c1. The first kappa shape index (κ1) is 12.9. The van der Waals surface area contributed by atoms with Crippen LogP contribution in [0.3, 0.4) is 0 Å². The summed E-state index contributed by atoms with van der Waals surface area (Å²) in [5.41, 5.74) is 6.91. The molecule has 18 heavy (non-hydrogen) atoms. The molecule has 2 aromatic rings. The van der Waals surface area contributed by atoms with Crippen LogP contribution >= 0.6 is 11.6 Å². The molecule has 0 aliphatic rings. The Morgan fingerprint density at radius 2 is 2.11 bits per heavy atom. The van der Waals surface area contributed by atoms with Gasteiger partial charge in [0.05, 0.1) is 11.2 Å². The Balaban J connectivity index is 2.25. The standard InChI is InChI=1S/C13H16ClN3O/c1-9(15)13(10-7-16-17(2)8-10)18-12-6-4-3-5-11(12)14/h3-9,13H,15H2,1-2H3. The number of rotatable bonds is 4. The molecule has 2 N–H and O–H groups in total. The van der Waals surface area contributed by atoms with Crippen LogP contribution in [-0.4, -0.2) is 15.8 Å². The summed E-state index contributed by atoms with van der Waals surface area (Å²) in [5, 5.41) is 4.71. The van der Waals surface area contributed by atoms with Crippen molar-refractivity contribution in [3.05, 3.63) is 47.2 Å². The molecule has 0 amide bonds. The fourth-order valence-electron chi connectivity index (χ4n) is 1.74. The minimum Gasteiger partial charge on any atom is -0.482 e. The van der Waals surface area contributed by atoms with E-state index in [0.29, 0.717) is 10.8 Å². The Kier molecular flexibility index (Phi) is 3.89. The van der Waals surface area contributed by atoms with Gasteiger partial charge >= 0.3 is 0 Å². The van der Waals surface area contributed by atoms with Crippen LogP contribution in [0.4, 0.5) is 0 Å². The van der Waals surface area contributed by atoms with Crippen LogP contribution < -0.4 is 10.5 Å². The molecule has 2 rings (SSSR count). The highest BCUT2D eigenvalue weighted by Crippen LogP contribution is 2.29. The maximum atomic E-state index is 6.08. The topological polar surface area (TPSA) is 53.1 Å². The number of ether oxygens (including phenoxy) is 1. The van der Waals surface area contributed by atoms with Gasteiger partial charge in [-0.2, -0.15) is 5.10 Å². The van der Waals surface area contributed by atoms with Gasteiger partial charge < -0.3 is 10.5 Å². The van der Waals surface area contributed by atoms with Crippen LogP contribution in [0.1, 0.15) is 18.6 Å². The molecule has 2 atom stereocenters. The highest BCUT2D eigenvalue weighted by Gasteiger charge is 2.20. The molecule has 2 unspecified atom stereocenters. The monoisotopic (exact) mass is 265 g/mol. The number of benzene rings is 1. The number of aryl methyl sites for hydroxylation is 1. The molecule has 4 nitrogen and oxygen atoms in total. The molecule has 0 aliphatic heterocycles. The van der Waals surface area contributed by atoms with Crippen molar-refractivity contribution < 1.29 is 4.74 Å². The van der Waals surface area contributed by atoms with Crippen LogP contribution in [0, 0.1) is 0 Å². The van der Waals surface area contributed by atoms with Crippen LogP contribution in [0.25, 0.3) is 0 Å². The van der Waals surface area contributed by atoms with E-state index in [1.807, 2.05) is 38.4 Å². The van der Waals surface area contributed by atoms with Crippen LogP contribution in [0.5, 0.6) is 5.75 Å². The Bertz CT molecular complexity index is 524. The van der Waals surface area contributed by atoms with Gasteiger partial charge in [-0.15, -0.1) is 0 Å². The molecule has 0 spiro atoms. The smallest absolute Gasteiger partial charge is 0.142 e. The minimum absolute atomic E-state index is 0.162. The molecular weight excluding hydrogens is 250 g/mol. The summed E-state index contributed by atoms with van der Waals surface area (Å²) >= 11 is 6.08. The van der Waals surface area contributed by atoms with E-state index < -0.39 is 0 Å². The molecule has 1 aromatic heterocycles. The summed E-state index contributed by atoms with van der Waals surface area (Å²) in [6, 6.07) is 7.19. The molecule has 0 saturated carbocycles. The number of aromatic nitrogens is 2.